The molecule has 0 radical (unpaired) electrons. The Kier molecular flexibility index (Phi) is 3.64. The molecule has 108 valence electrons. The second kappa shape index (κ2) is 5.45. The van der Waals surface area contributed by atoms with Crippen molar-refractivity contribution in [3.8, 4) is 0 Å². The van der Waals surface area contributed by atoms with Gasteiger partial charge in [-0.1, -0.05) is 11.3 Å². The smallest absolute Gasteiger partial charge is 0.337 e. The number of fused-ring (bicyclic) bond motifs is 1. The third-order valence-electron chi connectivity index (χ3n) is 2.94. The van der Waals surface area contributed by atoms with E-state index in [1.165, 1.54) is 18.4 Å². The van der Waals surface area contributed by atoms with Gasteiger partial charge >= 0.3 is 5.97 Å². The monoisotopic (exact) mass is 366 g/mol. The van der Waals surface area contributed by atoms with Crippen LogP contribution in [0.3, 0.4) is 0 Å². The second-order valence-electron chi connectivity index (χ2n) is 4.35. The van der Waals surface area contributed by atoms with Gasteiger partial charge in [-0.15, -0.1) is 0 Å². The van der Waals surface area contributed by atoms with Crippen LogP contribution in [0.2, 0.25) is 0 Å². The number of hydrogen-bond donors (Lipinski definition) is 2. The highest BCUT2D eigenvalue weighted by Crippen LogP contribution is 2.34. The van der Waals surface area contributed by atoms with Crippen molar-refractivity contribution in [2.45, 2.75) is 6.92 Å². The molecule has 0 spiro atoms. The first-order chi connectivity index (χ1) is 10.1. The molecule has 8 heteroatoms. The summed E-state index contributed by atoms with van der Waals surface area (Å²) in [6, 6.07) is 3.48. The summed E-state index contributed by atoms with van der Waals surface area (Å²) in [6.07, 6.45) is 1.70. The third-order valence-corrected chi connectivity index (χ3v) is 4.46. The number of carbonyl (C=O) groups is 1. The first kappa shape index (κ1) is 14.0. The molecule has 3 aromatic rings. The van der Waals surface area contributed by atoms with E-state index >= 15 is 0 Å². The minimum Gasteiger partial charge on any atom is -0.465 e. The molecule has 2 aromatic heterocycles. The van der Waals surface area contributed by atoms with E-state index in [0.717, 1.165) is 31.2 Å². The highest BCUT2D eigenvalue weighted by molar-refractivity contribution is 9.10. The zero-order chi connectivity index (χ0) is 15.0. The van der Waals surface area contributed by atoms with Gasteiger partial charge in [-0.05, 0) is 35.0 Å². The summed E-state index contributed by atoms with van der Waals surface area (Å²) in [5, 5.41) is 10.8. The van der Waals surface area contributed by atoms with Crippen molar-refractivity contribution in [3.63, 3.8) is 0 Å². The molecular weight excluding hydrogens is 356 g/mol. The van der Waals surface area contributed by atoms with E-state index in [2.05, 4.69) is 36.4 Å². The number of H-pyrrole nitrogens is 1. The number of esters is 1. The Bertz CT molecular complexity index is 827. The molecule has 0 unspecified atom stereocenters. The van der Waals surface area contributed by atoms with Gasteiger partial charge in [0, 0.05) is 4.47 Å². The Morgan fingerprint density at radius 1 is 1.48 bits per heavy atom. The molecule has 0 fully saturated rings. The van der Waals surface area contributed by atoms with E-state index in [1.54, 1.807) is 18.3 Å². The first-order valence-electron chi connectivity index (χ1n) is 6.04. The highest BCUT2D eigenvalue weighted by atomic mass is 79.9. The predicted molar refractivity (Wildman–Crippen MR) is 85.3 cm³/mol. The number of aromatic amines is 1. The molecule has 0 bridgehead atoms. The van der Waals surface area contributed by atoms with Gasteiger partial charge in [-0.2, -0.15) is 5.10 Å². The second-order valence-corrected chi connectivity index (χ2v) is 6.23. The Hall–Kier alpha value is -1.93. The van der Waals surface area contributed by atoms with Crippen molar-refractivity contribution in [1.29, 1.82) is 0 Å². The van der Waals surface area contributed by atoms with Crippen LogP contribution in [-0.4, -0.2) is 28.3 Å². The fourth-order valence-corrected chi connectivity index (χ4v) is 3.49. The molecule has 6 nitrogen and oxygen atoms in total. The largest absolute Gasteiger partial charge is 0.465 e. The molecule has 3 rings (SSSR count). The Morgan fingerprint density at radius 3 is 2.95 bits per heavy atom. The summed E-state index contributed by atoms with van der Waals surface area (Å²) in [5.41, 5.74) is 3.10. The number of carbonyl (C=O) groups excluding carboxylic acids is 1. The maximum absolute atomic E-state index is 11.6. The number of benzene rings is 1. The minimum atomic E-state index is -0.369. The van der Waals surface area contributed by atoms with Gasteiger partial charge in [0.1, 0.15) is 0 Å². The number of aryl methyl sites for hydroxylation is 1. The summed E-state index contributed by atoms with van der Waals surface area (Å²) >= 11 is 4.90. The Morgan fingerprint density at radius 2 is 2.29 bits per heavy atom. The Labute approximate surface area is 132 Å². The zero-order valence-corrected chi connectivity index (χ0v) is 13.6. The van der Waals surface area contributed by atoms with Crippen molar-refractivity contribution in [2.75, 3.05) is 12.4 Å². The zero-order valence-electron chi connectivity index (χ0n) is 11.2. The lowest BCUT2D eigenvalue weighted by molar-refractivity contribution is 0.0601. The van der Waals surface area contributed by atoms with Crippen molar-refractivity contribution in [2.24, 2.45) is 0 Å². The molecule has 2 heterocycles. The van der Waals surface area contributed by atoms with Crippen LogP contribution in [0.25, 0.3) is 10.2 Å². The number of halogens is 1. The van der Waals surface area contributed by atoms with Crippen molar-refractivity contribution in [3.05, 3.63) is 34.1 Å². The van der Waals surface area contributed by atoms with Gasteiger partial charge in [-0.25, -0.2) is 9.78 Å². The summed E-state index contributed by atoms with van der Waals surface area (Å²) in [5.74, 6) is -0.369. The van der Waals surface area contributed by atoms with Gasteiger partial charge in [-0.3, -0.25) is 5.10 Å². The lowest BCUT2D eigenvalue weighted by atomic mass is 10.2. The molecule has 0 aliphatic rings. The van der Waals surface area contributed by atoms with Crippen molar-refractivity contribution in [1.82, 2.24) is 15.2 Å². The lowest BCUT2D eigenvalue weighted by Crippen LogP contribution is -2.00. The molecule has 2 N–H and O–H groups in total. The standard InChI is InChI=1S/C13H11BrN4O2S/c1-6-9(5-15-18-6)16-13-17-11-8(14)3-7(12(19)20-2)4-10(11)21-13/h3-5H,1-2H3,(H,15,18)(H,16,17). The van der Waals surface area contributed by atoms with Crippen LogP contribution < -0.4 is 5.32 Å². The SMILES string of the molecule is COC(=O)c1cc(Br)c2nc(Nc3cn[nH]c3C)sc2c1. The fourth-order valence-electron chi connectivity index (χ4n) is 1.87. The average Bonchev–Trinajstić information content (AvgIpc) is 3.05. The summed E-state index contributed by atoms with van der Waals surface area (Å²) < 4.78 is 6.40. The van der Waals surface area contributed by atoms with Gasteiger partial charge < -0.3 is 10.1 Å². The molecule has 0 saturated carbocycles. The average molecular weight is 367 g/mol. The molecule has 0 amide bonds. The minimum absolute atomic E-state index is 0.369. The number of nitrogens with zero attached hydrogens (tertiary/aromatic N) is 2. The van der Waals surface area contributed by atoms with E-state index in [1.807, 2.05) is 6.92 Å². The lowest BCUT2D eigenvalue weighted by Gasteiger charge is -2.00. The van der Waals surface area contributed by atoms with E-state index in [9.17, 15) is 4.79 Å². The van der Waals surface area contributed by atoms with Crippen LogP contribution in [0, 0.1) is 6.92 Å². The van der Waals surface area contributed by atoms with Crippen molar-refractivity contribution >= 4 is 54.3 Å². The maximum atomic E-state index is 11.6. The predicted octanol–water partition coefficient (Wildman–Crippen LogP) is 3.62. The van der Waals surface area contributed by atoms with E-state index < -0.39 is 0 Å². The third kappa shape index (κ3) is 2.64. The van der Waals surface area contributed by atoms with Gasteiger partial charge in [0.2, 0.25) is 0 Å². The molecule has 1 aromatic carbocycles. The number of anilines is 2. The van der Waals surface area contributed by atoms with E-state index in [-0.39, 0.29) is 5.97 Å². The molecule has 0 saturated heterocycles. The van der Waals surface area contributed by atoms with Crippen LogP contribution in [0.4, 0.5) is 10.8 Å². The van der Waals surface area contributed by atoms with Crippen LogP contribution in [-0.2, 0) is 4.74 Å². The number of aromatic nitrogens is 3. The van der Waals surface area contributed by atoms with Gasteiger partial charge in [0.05, 0.1) is 40.5 Å². The highest BCUT2D eigenvalue weighted by Gasteiger charge is 2.14. The molecule has 0 aliphatic heterocycles. The topological polar surface area (TPSA) is 79.9 Å². The quantitative estimate of drug-likeness (QED) is 0.692. The van der Waals surface area contributed by atoms with Crippen LogP contribution >= 0.6 is 27.3 Å². The molecule has 0 atom stereocenters. The molecular formula is C13H11BrN4O2S. The number of thiazole rings is 1. The maximum Gasteiger partial charge on any atom is 0.337 e. The van der Waals surface area contributed by atoms with Crippen LogP contribution in [0.5, 0.6) is 0 Å². The number of ether oxygens (including phenoxy) is 1. The van der Waals surface area contributed by atoms with E-state index in [4.69, 9.17) is 4.74 Å². The van der Waals surface area contributed by atoms with Crippen LogP contribution in [0.1, 0.15) is 16.1 Å². The number of hydrogen-bond acceptors (Lipinski definition) is 6. The molecule has 0 aliphatic carbocycles. The van der Waals surface area contributed by atoms with Crippen molar-refractivity contribution < 1.29 is 9.53 Å². The van der Waals surface area contributed by atoms with Gasteiger partial charge in [0.25, 0.3) is 0 Å². The summed E-state index contributed by atoms with van der Waals surface area (Å²) in [4.78, 5) is 16.2. The first-order valence-corrected chi connectivity index (χ1v) is 7.65. The number of rotatable bonds is 3. The normalized spacial score (nSPS) is 10.8. The van der Waals surface area contributed by atoms with Gasteiger partial charge in [0.15, 0.2) is 5.13 Å². The Balaban J connectivity index is 2.01. The molecule has 21 heavy (non-hydrogen) atoms. The fraction of sp³-hybridized carbons (Fsp3) is 0.154. The summed E-state index contributed by atoms with van der Waals surface area (Å²) in [7, 11) is 1.36. The number of methoxy groups -OCH3 is 1. The van der Waals surface area contributed by atoms with Crippen LogP contribution in [0.15, 0.2) is 22.8 Å². The number of nitrogens with one attached hydrogen (secondary N) is 2. The summed E-state index contributed by atoms with van der Waals surface area (Å²) in [6.45, 7) is 1.92. The van der Waals surface area contributed by atoms with E-state index in [0.29, 0.717) is 5.56 Å².